The van der Waals surface area contributed by atoms with Gasteiger partial charge in [-0.05, 0) is 38.5 Å². The van der Waals surface area contributed by atoms with E-state index >= 15 is 0 Å². The maximum atomic E-state index is 12.0. The summed E-state index contributed by atoms with van der Waals surface area (Å²) in [5.74, 6) is -0.277. The standard InChI is InChI=1S/C14H18O4/c1-8(2)12(16)18-13-4-9-3-10(6-13)11(15)14(17,5-9)7-13/h9-10,17H,1,3-7H2,2H3. The van der Waals surface area contributed by atoms with E-state index in [9.17, 15) is 14.7 Å². The molecule has 0 aromatic rings. The summed E-state index contributed by atoms with van der Waals surface area (Å²) in [4.78, 5) is 23.8. The Morgan fingerprint density at radius 1 is 1.44 bits per heavy atom. The fraction of sp³-hybridized carbons (Fsp3) is 0.714. The number of hydrogen-bond donors (Lipinski definition) is 1. The number of rotatable bonds is 2. The van der Waals surface area contributed by atoms with Gasteiger partial charge in [-0.2, -0.15) is 0 Å². The molecule has 4 fully saturated rings. The molecule has 4 aliphatic carbocycles. The fourth-order valence-corrected chi connectivity index (χ4v) is 4.18. The van der Waals surface area contributed by atoms with Crippen molar-refractivity contribution in [2.24, 2.45) is 11.8 Å². The van der Waals surface area contributed by atoms with Crippen LogP contribution in [0.25, 0.3) is 0 Å². The van der Waals surface area contributed by atoms with Gasteiger partial charge in [0, 0.05) is 17.9 Å². The van der Waals surface area contributed by atoms with Gasteiger partial charge in [0.2, 0.25) is 0 Å². The molecule has 0 aliphatic heterocycles. The lowest BCUT2D eigenvalue weighted by atomic mass is 9.51. The predicted molar refractivity (Wildman–Crippen MR) is 63.7 cm³/mol. The van der Waals surface area contributed by atoms with E-state index < -0.39 is 17.2 Å². The van der Waals surface area contributed by atoms with Gasteiger partial charge in [0.25, 0.3) is 0 Å². The highest BCUT2D eigenvalue weighted by molar-refractivity contribution is 5.92. The number of carbonyl (C=O) groups is 2. The van der Waals surface area contributed by atoms with Crippen LogP contribution in [0.1, 0.15) is 39.0 Å². The van der Waals surface area contributed by atoms with Gasteiger partial charge in [-0.25, -0.2) is 4.79 Å². The number of ether oxygens (including phenoxy) is 1. The van der Waals surface area contributed by atoms with Crippen molar-refractivity contribution >= 4 is 11.8 Å². The van der Waals surface area contributed by atoms with Crippen molar-refractivity contribution in [2.75, 3.05) is 0 Å². The molecule has 0 aromatic heterocycles. The van der Waals surface area contributed by atoms with E-state index in [-0.39, 0.29) is 18.1 Å². The lowest BCUT2D eigenvalue weighted by Crippen LogP contribution is -2.65. The van der Waals surface area contributed by atoms with Crippen LogP contribution in [0.3, 0.4) is 0 Å². The minimum absolute atomic E-state index is 0.0413. The maximum Gasteiger partial charge on any atom is 0.333 e. The maximum absolute atomic E-state index is 12.0. The number of esters is 1. The highest BCUT2D eigenvalue weighted by Crippen LogP contribution is 2.57. The minimum Gasteiger partial charge on any atom is -0.456 e. The molecule has 1 N–H and O–H groups in total. The van der Waals surface area contributed by atoms with Gasteiger partial charge in [0.1, 0.15) is 11.2 Å². The van der Waals surface area contributed by atoms with Crippen molar-refractivity contribution in [1.29, 1.82) is 0 Å². The Hall–Kier alpha value is -1.16. The summed E-state index contributed by atoms with van der Waals surface area (Å²) in [6.45, 7) is 5.20. The molecule has 0 heterocycles. The minimum atomic E-state index is -1.25. The highest BCUT2D eigenvalue weighted by Gasteiger charge is 2.63. The Kier molecular flexibility index (Phi) is 2.28. The zero-order chi connectivity index (χ0) is 13.1. The molecule has 0 spiro atoms. The topological polar surface area (TPSA) is 63.6 Å². The molecule has 4 saturated carbocycles. The molecule has 0 radical (unpaired) electrons. The molecule has 0 aromatic carbocycles. The van der Waals surface area contributed by atoms with Crippen molar-refractivity contribution < 1.29 is 19.4 Å². The number of aliphatic hydroxyl groups is 1. The van der Waals surface area contributed by atoms with Gasteiger partial charge in [-0.15, -0.1) is 0 Å². The molecule has 4 atom stereocenters. The molecule has 4 heteroatoms. The first-order chi connectivity index (χ1) is 8.34. The van der Waals surface area contributed by atoms with Gasteiger partial charge < -0.3 is 9.84 Å². The first-order valence-electron chi connectivity index (χ1n) is 6.49. The first-order valence-corrected chi connectivity index (χ1v) is 6.49. The van der Waals surface area contributed by atoms with Crippen LogP contribution in [0.2, 0.25) is 0 Å². The van der Waals surface area contributed by atoms with Crippen molar-refractivity contribution in [3.05, 3.63) is 12.2 Å². The zero-order valence-electron chi connectivity index (χ0n) is 10.6. The van der Waals surface area contributed by atoms with Crippen LogP contribution in [0.4, 0.5) is 0 Å². The van der Waals surface area contributed by atoms with E-state index in [1.165, 1.54) is 0 Å². The number of ketones is 1. The van der Waals surface area contributed by atoms with E-state index in [2.05, 4.69) is 6.58 Å². The summed E-state index contributed by atoms with van der Waals surface area (Å²) in [5.41, 5.74) is -1.52. The molecule has 98 valence electrons. The summed E-state index contributed by atoms with van der Waals surface area (Å²) in [7, 11) is 0. The predicted octanol–water partition coefficient (Wildman–Crippen LogP) is 1.37. The lowest BCUT2D eigenvalue weighted by Gasteiger charge is -2.57. The Morgan fingerprint density at radius 2 is 2.17 bits per heavy atom. The van der Waals surface area contributed by atoms with Crippen LogP contribution in [0.5, 0.6) is 0 Å². The van der Waals surface area contributed by atoms with Crippen LogP contribution in [0, 0.1) is 11.8 Å². The molecule has 4 aliphatic rings. The van der Waals surface area contributed by atoms with Crippen LogP contribution in [0.15, 0.2) is 12.2 Å². The summed E-state index contributed by atoms with van der Waals surface area (Å²) in [5, 5.41) is 10.4. The normalized spacial score (nSPS) is 45.1. The molecule has 0 amide bonds. The van der Waals surface area contributed by atoms with Gasteiger partial charge in [0.15, 0.2) is 5.78 Å². The van der Waals surface area contributed by atoms with E-state index in [1.54, 1.807) is 6.92 Å². The number of carbonyl (C=O) groups excluding carboxylic acids is 2. The van der Waals surface area contributed by atoms with Crippen LogP contribution in [-0.4, -0.2) is 28.1 Å². The Labute approximate surface area is 106 Å². The second-order valence-electron chi connectivity index (χ2n) is 6.34. The van der Waals surface area contributed by atoms with Gasteiger partial charge in [0.05, 0.1) is 0 Å². The molecule has 4 bridgehead atoms. The quantitative estimate of drug-likeness (QED) is 0.594. The van der Waals surface area contributed by atoms with Crippen molar-refractivity contribution in [1.82, 2.24) is 0 Å². The second-order valence-corrected chi connectivity index (χ2v) is 6.34. The largest absolute Gasteiger partial charge is 0.456 e. The summed E-state index contributed by atoms with van der Waals surface area (Å²) in [6, 6.07) is 0. The Morgan fingerprint density at radius 3 is 2.78 bits per heavy atom. The third-order valence-corrected chi connectivity index (χ3v) is 4.63. The number of hydrogen-bond acceptors (Lipinski definition) is 4. The van der Waals surface area contributed by atoms with Crippen LogP contribution in [-0.2, 0) is 14.3 Å². The highest BCUT2D eigenvalue weighted by atomic mass is 16.6. The van der Waals surface area contributed by atoms with E-state index in [0.717, 1.165) is 12.8 Å². The second kappa shape index (κ2) is 3.44. The molecular weight excluding hydrogens is 232 g/mol. The third-order valence-electron chi connectivity index (χ3n) is 4.63. The van der Waals surface area contributed by atoms with Crippen molar-refractivity contribution in [3.63, 3.8) is 0 Å². The molecule has 4 nitrogen and oxygen atoms in total. The summed E-state index contributed by atoms with van der Waals surface area (Å²) < 4.78 is 5.57. The zero-order valence-corrected chi connectivity index (χ0v) is 10.6. The lowest BCUT2D eigenvalue weighted by molar-refractivity contribution is -0.213. The van der Waals surface area contributed by atoms with Crippen molar-refractivity contribution in [2.45, 2.75) is 50.2 Å². The fourth-order valence-electron chi connectivity index (χ4n) is 4.18. The monoisotopic (exact) mass is 250 g/mol. The summed E-state index contributed by atoms with van der Waals surface area (Å²) >= 11 is 0. The van der Waals surface area contributed by atoms with E-state index in [4.69, 9.17) is 4.74 Å². The SMILES string of the molecule is C=C(C)C(=O)OC12CC3CC(C1)C(=O)C(O)(C3)C2. The van der Waals surface area contributed by atoms with Gasteiger partial charge in [-0.1, -0.05) is 6.58 Å². The average molecular weight is 250 g/mol. The van der Waals surface area contributed by atoms with Crippen molar-refractivity contribution in [3.8, 4) is 0 Å². The summed E-state index contributed by atoms with van der Waals surface area (Å²) in [6.07, 6.45) is 2.99. The van der Waals surface area contributed by atoms with E-state index in [1.807, 2.05) is 0 Å². The molecular formula is C14H18O4. The molecule has 18 heavy (non-hydrogen) atoms. The molecule has 4 unspecified atom stereocenters. The van der Waals surface area contributed by atoms with Gasteiger partial charge >= 0.3 is 5.97 Å². The number of Topliss-reactive ketones (excluding diaryl/α,β-unsaturated/α-hetero) is 1. The smallest absolute Gasteiger partial charge is 0.333 e. The van der Waals surface area contributed by atoms with E-state index in [0.29, 0.717) is 24.3 Å². The average Bonchev–Trinajstić information content (AvgIpc) is 2.23. The van der Waals surface area contributed by atoms with Crippen LogP contribution < -0.4 is 0 Å². The Bertz CT molecular complexity index is 455. The Balaban J connectivity index is 1.89. The van der Waals surface area contributed by atoms with Crippen LogP contribution >= 0.6 is 0 Å². The molecule has 0 saturated heterocycles. The first kappa shape index (κ1) is 11.9. The van der Waals surface area contributed by atoms with Gasteiger partial charge in [-0.3, -0.25) is 4.79 Å². The molecule has 4 rings (SSSR count). The third kappa shape index (κ3) is 1.55.